The molecule has 0 radical (unpaired) electrons. The van der Waals surface area contributed by atoms with Crippen LogP contribution in [0.1, 0.15) is 92.4 Å². The summed E-state index contributed by atoms with van der Waals surface area (Å²) in [7, 11) is 0. The number of rotatable bonds is 0. The van der Waals surface area contributed by atoms with Crippen LogP contribution in [-0.4, -0.2) is 24.3 Å². The SMILES string of the molecule is C[C@@H]1CC[C@@]2(OC1)O[C@H]1C[C@H]3[C@H]4CC[C@H]5C[C@H](C)CC[C@]5(C)[C@H]4CC(=O)[C@]3(C)[C@H]1[C@@H]2C. The van der Waals surface area contributed by atoms with Crippen molar-refractivity contribution in [2.75, 3.05) is 6.61 Å². The zero-order valence-corrected chi connectivity index (χ0v) is 20.5. The van der Waals surface area contributed by atoms with Crippen molar-refractivity contribution in [3.05, 3.63) is 0 Å². The molecule has 0 unspecified atom stereocenters. The van der Waals surface area contributed by atoms with Crippen LogP contribution in [0.25, 0.3) is 0 Å². The average molecular weight is 429 g/mol. The molecule has 4 saturated carbocycles. The third-order valence-corrected chi connectivity index (χ3v) is 12.1. The van der Waals surface area contributed by atoms with E-state index in [9.17, 15) is 4.79 Å². The minimum Gasteiger partial charge on any atom is -0.349 e. The Labute approximate surface area is 189 Å². The van der Waals surface area contributed by atoms with Gasteiger partial charge in [0, 0.05) is 30.1 Å². The predicted molar refractivity (Wildman–Crippen MR) is 121 cm³/mol. The van der Waals surface area contributed by atoms with E-state index in [0.29, 0.717) is 40.8 Å². The predicted octanol–water partition coefficient (Wildman–Crippen LogP) is 6.25. The molecule has 4 aliphatic carbocycles. The summed E-state index contributed by atoms with van der Waals surface area (Å²) >= 11 is 0. The molecular weight excluding hydrogens is 384 g/mol. The van der Waals surface area contributed by atoms with Gasteiger partial charge >= 0.3 is 0 Å². The highest BCUT2D eigenvalue weighted by Gasteiger charge is 2.71. The summed E-state index contributed by atoms with van der Waals surface area (Å²) in [6, 6.07) is 0. The molecule has 0 aromatic rings. The molecule has 2 aliphatic heterocycles. The third-order valence-electron chi connectivity index (χ3n) is 12.1. The van der Waals surface area contributed by atoms with Crippen molar-refractivity contribution in [3.8, 4) is 0 Å². The molecule has 2 heterocycles. The summed E-state index contributed by atoms with van der Waals surface area (Å²) in [5.74, 6) is 5.00. The molecule has 0 amide bonds. The number of hydrogen-bond acceptors (Lipinski definition) is 3. The van der Waals surface area contributed by atoms with E-state index in [1.54, 1.807) is 0 Å². The fourth-order valence-corrected chi connectivity index (χ4v) is 10.2. The number of Topliss-reactive ketones (excluding diaryl/α,β-unsaturated/α-hetero) is 1. The summed E-state index contributed by atoms with van der Waals surface area (Å²) < 4.78 is 13.2. The van der Waals surface area contributed by atoms with Crippen LogP contribution in [0.15, 0.2) is 0 Å². The molecular formula is C28H44O3. The number of carbonyl (C=O) groups excluding carboxylic acids is 1. The van der Waals surface area contributed by atoms with Crippen molar-refractivity contribution in [1.82, 2.24) is 0 Å². The maximum absolute atomic E-state index is 14.0. The minimum atomic E-state index is -0.421. The summed E-state index contributed by atoms with van der Waals surface area (Å²) in [5, 5.41) is 0. The smallest absolute Gasteiger partial charge is 0.171 e. The lowest BCUT2D eigenvalue weighted by Gasteiger charge is -2.60. The molecule has 6 rings (SSSR count). The van der Waals surface area contributed by atoms with Crippen LogP contribution in [0.3, 0.4) is 0 Å². The van der Waals surface area contributed by atoms with Crippen LogP contribution in [0, 0.1) is 58.2 Å². The van der Waals surface area contributed by atoms with Crippen LogP contribution in [-0.2, 0) is 14.3 Å². The summed E-state index contributed by atoms with van der Waals surface area (Å²) in [5.41, 5.74) is 0.187. The molecule has 2 saturated heterocycles. The van der Waals surface area contributed by atoms with Crippen LogP contribution < -0.4 is 0 Å². The van der Waals surface area contributed by atoms with Crippen LogP contribution in [0.4, 0.5) is 0 Å². The Bertz CT molecular complexity index is 753. The Morgan fingerprint density at radius 1 is 0.903 bits per heavy atom. The molecule has 0 aromatic carbocycles. The Morgan fingerprint density at radius 2 is 1.68 bits per heavy atom. The van der Waals surface area contributed by atoms with Crippen LogP contribution in [0.2, 0.25) is 0 Å². The van der Waals surface area contributed by atoms with Crippen LogP contribution >= 0.6 is 0 Å². The van der Waals surface area contributed by atoms with E-state index in [1.807, 2.05) is 0 Å². The molecule has 6 fully saturated rings. The Morgan fingerprint density at radius 3 is 2.42 bits per heavy atom. The highest BCUT2D eigenvalue weighted by molar-refractivity contribution is 5.87. The van der Waals surface area contributed by atoms with Crippen LogP contribution in [0.5, 0.6) is 0 Å². The molecule has 1 spiro atoms. The lowest BCUT2D eigenvalue weighted by atomic mass is 9.43. The van der Waals surface area contributed by atoms with Gasteiger partial charge in [-0.15, -0.1) is 0 Å². The van der Waals surface area contributed by atoms with Gasteiger partial charge in [-0.25, -0.2) is 0 Å². The van der Waals surface area contributed by atoms with E-state index >= 15 is 0 Å². The molecule has 31 heavy (non-hydrogen) atoms. The minimum absolute atomic E-state index is 0.202. The first kappa shape index (κ1) is 21.1. The van der Waals surface area contributed by atoms with Crippen molar-refractivity contribution >= 4 is 5.78 Å². The van der Waals surface area contributed by atoms with E-state index in [0.717, 1.165) is 43.6 Å². The van der Waals surface area contributed by atoms with Gasteiger partial charge in [-0.3, -0.25) is 4.79 Å². The van der Waals surface area contributed by atoms with Gasteiger partial charge in [0.2, 0.25) is 0 Å². The van der Waals surface area contributed by atoms with Gasteiger partial charge in [-0.2, -0.15) is 0 Å². The zero-order chi connectivity index (χ0) is 21.8. The second kappa shape index (κ2) is 6.81. The number of carbonyl (C=O) groups is 1. The molecule has 174 valence electrons. The monoisotopic (exact) mass is 428 g/mol. The van der Waals surface area contributed by atoms with Gasteiger partial charge in [0.25, 0.3) is 0 Å². The maximum atomic E-state index is 14.0. The van der Waals surface area contributed by atoms with Gasteiger partial charge in [0.15, 0.2) is 5.79 Å². The standard InChI is InChI=1S/C28H44O3/c1-16-8-10-26(4)19(12-16)6-7-20-21(26)14-24(29)27(5)22(20)13-23-25(27)18(3)28(31-23)11-9-17(2)15-30-28/h16-23,25H,6-15H2,1-5H3/t16-,17-,18+,19+,20+,21+,22+,23+,25+,26+,27-,28-/m1/s1. The first-order valence-electron chi connectivity index (χ1n) is 13.5. The van der Waals surface area contributed by atoms with E-state index in [1.165, 1.54) is 38.5 Å². The lowest BCUT2D eigenvalue weighted by Crippen LogP contribution is -2.58. The van der Waals surface area contributed by atoms with E-state index in [4.69, 9.17) is 9.47 Å². The Kier molecular flexibility index (Phi) is 4.65. The molecule has 12 atom stereocenters. The highest BCUT2D eigenvalue weighted by Crippen LogP contribution is 2.70. The summed E-state index contributed by atoms with van der Waals surface area (Å²) in [6.45, 7) is 12.8. The molecule has 0 aromatic heterocycles. The largest absolute Gasteiger partial charge is 0.349 e. The Balaban J connectivity index is 1.30. The number of fused-ring (bicyclic) bond motifs is 7. The molecule has 6 aliphatic rings. The summed E-state index contributed by atoms with van der Waals surface area (Å²) in [4.78, 5) is 14.0. The van der Waals surface area contributed by atoms with Gasteiger partial charge in [0.1, 0.15) is 5.78 Å². The third kappa shape index (κ3) is 2.69. The second-order valence-electron chi connectivity index (χ2n) is 13.4. The van der Waals surface area contributed by atoms with Crippen molar-refractivity contribution in [2.45, 2.75) is 104 Å². The highest BCUT2D eigenvalue weighted by atomic mass is 16.7. The normalized spacial score (nSPS) is 60.9. The van der Waals surface area contributed by atoms with Gasteiger partial charge in [-0.05, 0) is 79.4 Å². The quantitative estimate of drug-likeness (QED) is 0.457. The lowest BCUT2D eigenvalue weighted by molar-refractivity contribution is -0.272. The van der Waals surface area contributed by atoms with Gasteiger partial charge in [0.05, 0.1) is 12.7 Å². The summed E-state index contributed by atoms with van der Waals surface area (Å²) in [6.07, 6.45) is 11.1. The molecule has 0 bridgehead atoms. The fourth-order valence-electron chi connectivity index (χ4n) is 10.2. The molecule has 0 N–H and O–H groups in total. The molecule has 3 heteroatoms. The number of ether oxygens (including phenoxy) is 2. The number of ketones is 1. The van der Waals surface area contributed by atoms with Crippen molar-refractivity contribution < 1.29 is 14.3 Å². The van der Waals surface area contributed by atoms with E-state index < -0.39 is 5.79 Å². The number of hydrogen-bond donors (Lipinski definition) is 0. The van der Waals surface area contributed by atoms with Crippen molar-refractivity contribution in [1.29, 1.82) is 0 Å². The topological polar surface area (TPSA) is 35.5 Å². The maximum Gasteiger partial charge on any atom is 0.171 e. The van der Waals surface area contributed by atoms with E-state index in [-0.39, 0.29) is 11.5 Å². The van der Waals surface area contributed by atoms with Crippen molar-refractivity contribution in [2.24, 2.45) is 58.2 Å². The van der Waals surface area contributed by atoms with Crippen molar-refractivity contribution in [3.63, 3.8) is 0 Å². The van der Waals surface area contributed by atoms with Gasteiger partial charge < -0.3 is 9.47 Å². The van der Waals surface area contributed by atoms with E-state index in [2.05, 4.69) is 34.6 Å². The first-order chi connectivity index (χ1) is 14.7. The second-order valence-corrected chi connectivity index (χ2v) is 13.4. The first-order valence-corrected chi connectivity index (χ1v) is 13.5. The fraction of sp³-hybridized carbons (Fsp3) is 0.964. The zero-order valence-electron chi connectivity index (χ0n) is 20.5. The Hall–Kier alpha value is -0.410. The van der Waals surface area contributed by atoms with Gasteiger partial charge in [-0.1, -0.05) is 41.0 Å². The average Bonchev–Trinajstić information content (AvgIpc) is 3.18. The molecule has 3 nitrogen and oxygen atoms in total.